The van der Waals surface area contributed by atoms with E-state index in [0.717, 1.165) is 29.5 Å². The van der Waals surface area contributed by atoms with Gasteiger partial charge in [0.15, 0.2) is 0 Å². The molecule has 7 heteroatoms. The Kier molecular flexibility index (Phi) is 6.83. The summed E-state index contributed by atoms with van der Waals surface area (Å²) in [7, 11) is 1.90. The Morgan fingerprint density at radius 2 is 2.12 bits per heavy atom. The Morgan fingerprint density at radius 3 is 2.79 bits per heavy atom. The first kappa shape index (κ1) is 19.0. The highest BCUT2D eigenvalue weighted by molar-refractivity contribution is 9.10. The van der Waals surface area contributed by atoms with Crippen molar-refractivity contribution in [3.63, 3.8) is 0 Å². The Balaban J connectivity index is 0.00000208. The van der Waals surface area contributed by atoms with E-state index in [9.17, 15) is 4.79 Å². The van der Waals surface area contributed by atoms with Gasteiger partial charge in [-0.05, 0) is 29.7 Å². The van der Waals surface area contributed by atoms with Gasteiger partial charge in [-0.2, -0.15) is 5.10 Å². The number of nitrogens with zero attached hydrogens (tertiary/aromatic N) is 2. The second kappa shape index (κ2) is 8.65. The lowest BCUT2D eigenvalue weighted by atomic mass is 9.90. The van der Waals surface area contributed by atoms with Gasteiger partial charge in [0, 0.05) is 43.3 Å². The molecule has 1 aliphatic rings. The van der Waals surface area contributed by atoms with E-state index in [1.54, 1.807) is 4.68 Å². The molecular weight excluding hydrogens is 392 g/mol. The maximum absolute atomic E-state index is 12.5. The fourth-order valence-electron chi connectivity index (χ4n) is 3.05. The molecule has 1 fully saturated rings. The fraction of sp³-hybridized carbons (Fsp3) is 0.412. The monoisotopic (exact) mass is 412 g/mol. The number of nitrogens with one attached hydrogen (secondary N) is 2. The molecule has 0 saturated carbocycles. The van der Waals surface area contributed by atoms with Crippen molar-refractivity contribution in [2.24, 2.45) is 13.0 Å². The van der Waals surface area contributed by atoms with Crippen molar-refractivity contribution in [1.29, 1.82) is 0 Å². The van der Waals surface area contributed by atoms with Crippen molar-refractivity contribution < 1.29 is 4.79 Å². The Labute approximate surface area is 156 Å². The van der Waals surface area contributed by atoms with Crippen LogP contribution in [-0.4, -0.2) is 35.3 Å². The van der Waals surface area contributed by atoms with Gasteiger partial charge in [-0.15, -0.1) is 12.4 Å². The quantitative estimate of drug-likeness (QED) is 0.790. The van der Waals surface area contributed by atoms with Crippen LogP contribution in [0.25, 0.3) is 0 Å². The molecule has 2 N–H and O–H groups in total. The second-order valence-electron chi connectivity index (χ2n) is 5.99. The normalized spacial score (nSPS) is 19.8. The number of aryl methyl sites for hydroxylation is 1. The molecule has 2 heterocycles. The van der Waals surface area contributed by atoms with Crippen LogP contribution < -0.4 is 10.6 Å². The third-order valence-electron chi connectivity index (χ3n) is 4.33. The number of benzene rings is 1. The lowest BCUT2D eigenvalue weighted by Crippen LogP contribution is -2.35. The van der Waals surface area contributed by atoms with E-state index in [1.807, 2.05) is 31.6 Å². The van der Waals surface area contributed by atoms with Crippen LogP contribution in [0.15, 0.2) is 41.1 Å². The van der Waals surface area contributed by atoms with E-state index >= 15 is 0 Å². The smallest absolute Gasteiger partial charge is 0.225 e. The molecule has 1 aromatic carbocycles. The molecule has 130 valence electrons. The molecule has 0 spiro atoms. The molecule has 5 nitrogen and oxygen atoms in total. The van der Waals surface area contributed by atoms with Crippen molar-refractivity contribution >= 4 is 34.2 Å². The second-order valence-corrected chi connectivity index (χ2v) is 6.90. The lowest BCUT2D eigenvalue weighted by molar-refractivity contribution is -0.124. The van der Waals surface area contributed by atoms with Crippen LogP contribution >= 0.6 is 28.3 Å². The molecule has 0 bridgehead atoms. The molecule has 0 radical (unpaired) electrons. The van der Waals surface area contributed by atoms with Crippen LogP contribution in [-0.2, 0) is 18.3 Å². The highest BCUT2D eigenvalue weighted by atomic mass is 79.9. The first-order valence-corrected chi connectivity index (χ1v) is 8.64. The van der Waals surface area contributed by atoms with Gasteiger partial charge >= 0.3 is 0 Å². The Hall–Kier alpha value is -1.37. The van der Waals surface area contributed by atoms with Gasteiger partial charge in [-0.1, -0.05) is 28.1 Å². The van der Waals surface area contributed by atoms with Gasteiger partial charge in [0.25, 0.3) is 0 Å². The molecule has 1 amide bonds. The highest BCUT2D eigenvalue weighted by Gasteiger charge is 2.34. The number of aromatic nitrogens is 2. The molecule has 0 aliphatic carbocycles. The number of rotatable bonds is 5. The summed E-state index contributed by atoms with van der Waals surface area (Å²) >= 11 is 3.43. The number of amides is 1. The van der Waals surface area contributed by atoms with Crippen LogP contribution in [0, 0.1) is 5.92 Å². The van der Waals surface area contributed by atoms with Gasteiger partial charge in [-0.25, -0.2) is 0 Å². The van der Waals surface area contributed by atoms with Crippen LogP contribution in [0.3, 0.4) is 0 Å². The Morgan fingerprint density at radius 1 is 1.38 bits per heavy atom. The van der Waals surface area contributed by atoms with Crippen LogP contribution in [0.4, 0.5) is 0 Å². The van der Waals surface area contributed by atoms with Crippen molar-refractivity contribution in [3.8, 4) is 0 Å². The van der Waals surface area contributed by atoms with E-state index in [-0.39, 0.29) is 30.2 Å². The summed E-state index contributed by atoms with van der Waals surface area (Å²) in [5, 5.41) is 10.6. The van der Waals surface area contributed by atoms with E-state index in [0.29, 0.717) is 6.54 Å². The molecule has 1 aliphatic heterocycles. The van der Waals surface area contributed by atoms with Gasteiger partial charge in [0.05, 0.1) is 12.1 Å². The van der Waals surface area contributed by atoms with Crippen molar-refractivity contribution in [3.05, 3.63) is 52.3 Å². The first-order chi connectivity index (χ1) is 11.1. The lowest BCUT2D eigenvalue weighted by Gasteiger charge is -2.17. The number of hydrogen-bond donors (Lipinski definition) is 2. The van der Waals surface area contributed by atoms with Crippen LogP contribution in [0.5, 0.6) is 0 Å². The summed E-state index contributed by atoms with van der Waals surface area (Å²) in [6, 6.07) is 8.20. The molecule has 1 saturated heterocycles. The third-order valence-corrected chi connectivity index (χ3v) is 4.86. The average Bonchev–Trinajstić information content (AvgIpc) is 3.17. The minimum Gasteiger partial charge on any atom is -0.355 e. The minimum atomic E-state index is -0.0240. The van der Waals surface area contributed by atoms with E-state index < -0.39 is 0 Å². The standard InChI is InChI=1S/C17H21BrN4O.ClH/c1-22-11-13(8-21-22)15-9-19-10-16(15)17(23)20-7-6-12-2-4-14(18)5-3-12;/h2-5,8,11,15-16,19H,6-7,9-10H2,1H3,(H,20,23);1H/t15-,16+;/m1./s1. The summed E-state index contributed by atoms with van der Waals surface area (Å²) in [6.45, 7) is 2.22. The van der Waals surface area contributed by atoms with Crippen molar-refractivity contribution in [1.82, 2.24) is 20.4 Å². The van der Waals surface area contributed by atoms with E-state index in [4.69, 9.17) is 0 Å². The van der Waals surface area contributed by atoms with Gasteiger partial charge in [-0.3, -0.25) is 9.48 Å². The van der Waals surface area contributed by atoms with E-state index in [2.05, 4.69) is 43.8 Å². The zero-order valence-corrected chi connectivity index (χ0v) is 15.9. The fourth-order valence-corrected chi connectivity index (χ4v) is 3.31. The average molecular weight is 414 g/mol. The Bertz CT molecular complexity index is 673. The maximum atomic E-state index is 12.5. The number of carbonyl (C=O) groups excluding carboxylic acids is 1. The topological polar surface area (TPSA) is 59.0 Å². The van der Waals surface area contributed by atoms with Gasteiger partial charge < -0.3 is 10.6 Å². The zero-order chi connectivity index (χ0) is 16.2. The van der Waals surface area contributed by atoms with Crippen LogP contribution in [0.2, 0.25) is 0 Å². The zero-order valence-electron chi connectivity index (χ0n) is 13.5. The summed E-state index contributed by atoms with van der Waals surface area (Å²) in [5.41, 5.74) is 2.35. The third kappa shape index (κ3) is 4.59. The summed E-state index contributed by atoms with van der Waals surface area (Å²) in [6.07, 6.45) is 4.70. The summed E-state index contributed by atoms with van der Waals surface area (Å²) in [5.74, 6) is 0.307. The number of carbonyl (C=O) groups is 1. The molecule has 2 aromatic rings. The molecule has 2 atom stereocenters. The first-order valence-electron chi connectivity index (χ1n) is 7.85. The summed E-state index contributed by atoms with van der Waals surface area (Å²) in [4.78, 5) is 12.5. The largest absolute Gasteiger partial charge is 0.355 e. The van der Waals surface area contributed by atoms with Gasteiger partial charge in [0.1, 0.15) is 0 Å². The number of hydrogen-bond acceptors (Lipinski definition) is 3. The number of halogens is 2. The molecule has 1 aromatic heterocycles. The molecule has 3 rings (SSSR count). The molecule has 24 heavy (non-hydrogen) atoms. The molecular formula is C17H22BrClN4O. The predicted molar refractivity (Wildman–Crippen MR) is 100 cm³/mol. The predicted octanol–water partition coefficient (Wildman–Crippen LogP) is 2.27. The van der Waals surface area contributed by atoms with Crippen molar-refractivity contribution in [2.75, 3.05) is 19.6 Å². The molecule has 0 unspecified atom stereocenters. The maximum Gasteiger partial charge on any atom is 0.225 e. The van der Waals surface area contributed by atoms with E-state index in [1.165, 1.54) is 5.56 Å². The summed E-state index contributed by atoms with van der Waals surface area (Å²) < 4.78 is 2.86. The van der Waals surface area contributed by atoms with Gasteiger partial charge in [0.2, 0.25) is 5.91 Å². The minimum absolute atomic E-state index is 0. The van der Waals surface area contributed by atoms with Crippen molar-refractivity contribution in [2.45, 2.75) is 12.3 Å². The highest BCUT2D eigenvalue weighted by Crippen LogP contribution is 2.27. The SMILES string of the molecule is Cl.Cn1cc([C@H]2CNC[C@@H]2C(=O)NCCc2ccc(Br)cc2)cn1. The van der Waals surface area contributed by atoms with Crippen LogP contribution in [0.1, 0.15) is 17.0 Å².